The molecule has 2 aliphatic heterocycles. The molecule has 2 aromatic rings. The molecular formula is C29H34F4O2. The van der Waals surface area contributed by atoms with Gasteiger partial charge in [-0.3, -0.25) is 0 Å². The fraction of sp³-hybridized carbons (Fsp3) is 0.586. The second-order valence-corrected chi connectivity index (χ2v) is 10.7. The van der Waals surface area contributed by atoms with Crippen LogP contribution in [0.4, 0.5) is 17.6 Å². The van der Waals surface area contributed by atoms with Crippen LogP contribution in [0.2, 0.25) is 0 Å². The van der Waals surface area contributed by atoms with Crippen molar-refractivity contribution in [3.05, 3.63) is 57.7 Å². The van der Waals surface area contributed by atoms with Crippen molar-refractivity contribution in [2.24, 2.45) is 17.8 Å². The van der Waals surface area contributed by atoms with Crippen molar-refractivity contribution in [2.75, 3.05) is 13.2 Å². The summed E-state index contributed by atoms with van der Waals surface area (Å²) in [6.45, 7) is 7.41. The van der Waals surface area contributed by atoms with Gasteiger partial charge in [-0.05, 0) is 73.1 Å². The highest BCUT2D eigenvalue weighted by Gasteiger charge is 2.36. The van der Waals surface area contributed by atoms with E-state index in [1.807, 2.05) is 0 Å². The van der Waals surface area contributed by atoms with Crippen LogP contribution in [0, 0.1) is 41.0 Å². The molecule has 0 saturated carbocycles. The van der Waals surface area contributed by atoms with Crippen LogP contribution in [-0.4, -0.2) is 13.2 Å². The maximum Gasteiger partial charge on any atom is 0.167 e. The normalized spacial score (nSPS) is 26.2. The van der Waals surface area contributed by atoms with Gasteiger partial charge in [0.15, 0.2) is 23.3 Å². The zero-order valence-corrected chi connectivity index (χ0v) is 20.7. The SMILES string of the molecule is CCC(CC)C1CCC(c2cc3c(c(F)c2F)-c2c(cc(C4CCC(C)CO4)c(F)c2F)C3)OC1. The number of ether oxygens (including phenoxy) is 2. The third-order valence-electron chi connectivity index (χ3n) is 8.49. The van der Waals surface area contributed by atoms with Crippen LogP contribution in [0.25, 0.3) is 11.1 Å². The summed E-state index contributed by atoms with van der Waals surface area (Å²) in [4.78, 5) is 0. The fourth-order valence-corrected chi connectivity index (χ4v) is 6.37. The smallest absolute Gasteiger partial charge is 0.167 e. The summed E-state index contributed by atoms with van der Waals surface area (Å²) in [5, 5.41) is 0. The highest BCUT2D eigenvalue weighted by molar-refractivity contribution is 5.79. The number of hydrogen-bond donors (Lipinski definition) is 0. The first-order chi connectivity index (χ1) is 16.8. The highest BCUT2D eigenvalue weighted by atomic mass is 19.2. The molecule has 4 unspecified atom stereocenters. The van der Waals surface area contributed by atoms with Crippen LogP contribution >= 0.6 is 0 Å². The summed E-state index contributed by atoms with van der Waals surface area (Å²) in [6, 6.07) is 3.19. The topological polar surface area (TPSA) is 18.5 Å². The Morgan fingerprint density at radius 3 is 1.69 bits per heavy atom. The van der Waals surface area contributed by atoms with E-state index in [4.69, 9.17) is 9.47 Å². The van der Waals surface area contributed by atoms with Gasteiger partial charge < -0.3 is 9.47 Å². The highest BCUT2D eigenvalue weighted by Crippen LogP contribution is 2.47. The van der Waals surface area contributed by atoms with Gasteiger partial charge in [0.25, 0.3) is 0 Å². The van der Waals surface area contributed by atoms with Crippen LogP contribution in [-0.2, 0) is 15.9 Å². The predicted molar refractivity (Wildman–Crippen MR) is 127 cm³/mol. The molecule has 2 nitrogen and oxygen atoms in total. The maximum absolute atomic E-state index is 15.4. The van der Waals surface area contributed by atoms with Crippen molar-refractivity contribution in [1.82, 2.24) is 0 Å². The summed E-state index contributed by atoms with van der Waals surface area (Å²) in [6.07, 6.45) is 4.32. The van der Waals surface area contributed by atoms with E-state index in [0.29, 0.717) is 54.9 Å². The molecule has 2 fully saturated rings. The Labute approximate surface area is 205 Å². The molecule has 6 heteroatoms. The molecular weight excluding hydrogens is 456 g/mol. The fourth-order valence-electron chi connectivity index (χ4n) is 6.37. The van der Waals surface area contributed by atoms with E-state index in [9.17, 15) is 0 Å². The van der Waals surface area contributed by atoms with E-state index >= 15 is 17.6 Å². The minimum atomic E-state index is -1.12. The predicted octanol–water partition coefficient (Wildman–Crippen LogP) is 8.21. The quantitative estimate of drug-likeness (QED) is 0.336. The molecule has 0 N–H and O–H groups in total. The minimum Gasteiger partial charge on any atom is -0.373 e. The van der Waals surface area contributed by atoms with Crippen molar-refractivity contribution < 1.29 is 27.0 Å². The molecule has 3 aliphatic rings. The van der Waals surface area contributed by atoms with Crippen molar-refractivity contribution in [2.45, 2.75) is 77.9 Å². The van der Waals surface area contributed by atoms with Crippen LogP contribution < -0.4 is 0 Å². The summed E-state index contributed by atoms with van der Waals surface area (Å²) in [5.74, 6) is -2.91. The molecule has 1 aliphatic carbocycles. The van der Waals surface area contributed by atoms with Gasteiger partial charge in [0.05, 0.1) is 18.8 Å². The van der Waals surface area contributed by atoms with E-state index in [-0.39, 0.29) is 28.7 Å². The lowest BCUT2D eigenvalue weighted by molar-refractivity contribution is -0.0364. The van der Waals surface area contributed by atoms with Crippen molar-refractivity contribution in [3.63, 3.8) is 0 Å². The van der Waals surface area contributed by atoms with E-state index in [2.05, 4.69) is 20.8 Å². The number of rotatable bonds is 5. The second kappa shape index (κ2) is 9.85. The van der Waals surface area contributed by atoms with Gasteiger partial charge in [0.1, 0.15) is 0 Å². The van der Waals surface area contributed by atoms with E-state index in [1.54, 1.807) is 12.1 Å². The van der Waals surface area contributed by atoms with Crippen LogP contribution in [0.15, 0.2) is 12.1 Å². The lowest BCUT2D eigenvalue weighted by Gasteiger charge is -2.34. The number of halogens is 4. The summed E-state index contributed by atoms with van der Waals surface area (Å²) >= 11 is 0. The molecule has 190 valence electrons. The molecule has 0 spiro atoms. The summed E-state index contributed by atoms with van der Waals surface area (Å²) in [5.41, 5.74) is 0.992. The Bertz CT molecular complexity index is 1090. The molecule has 35 heavy (non-hydrogen) atoms. The first kappa shape index (κ1) is 24.8. The zero-order valence-electron chi connectivity index (χ0n) is 20.7. The van der Waals surface area contributed by atoms with Gasteiger partial charge in [-0.15, -0.1) is 0 Å². The first-order valence-electron chi connectivity index (χ1n) is 13.1. The van der Waals surface area contributed by atoms with Crippen molar-refractivity contribution >= 4 is 0 Å². The molecule has 0 amide bonds. The Balaban J connectivity index is 1.44. The van der Waals surface area contributed by atoms with Crippen LogP contribution in [0.3, 0.4) is 0 Å². The van der Waals surface area contributed by atoms with Gasteiger partial charge in [-0.2, -0.15) is 0 Å². The third kappa shape index (κ3) is 4.31. The molecule has 2 saturated heterocycles. The van der Waals surface area contributed by atoms with E-state index in [1.165, 1.54) is 0 Å². The number of hydrogen-bond acceptors (Lipinski definition) is 2. The first-order valence-corrected chi connectivity index (χ1v) is 13.1. The second-order valence-electron chi connectivity index (χ2n) is 10.7. The van der Waals surface area contributed by atoms with Crippen LogP contribution in [0.1, 0.15) is 93.8 Å². The van der Waals surface area contributed by atoms with Gasteiger partial charge in [-0.1, -0.05) is 33.6 Å². The average Bonchev–Trinajstić information content (AvgIpc) is 3.24. The Hall–Kier alpha value is -1.92. The third-order valence-corrected chi connectivity index (χ3v) is 8.49. The van der Waals surface area contributed by atoms with E-state index < -0.39 is 35.5 Å². The Morgan fingerprint density at radius 1 is 0.743 bits per heavy atom. The molecule has 2 heterocycles. The van der Waals surface area contributed by atoms with Crippen molar-refractivity contribution in [3.8, 4) is 11.1 Å². The largest absolute Gasteiger partial charge is 0.373 e. The molecule has 0 bridgehead atoms. The summed E-state index contributed by atoms with van der Waals surface area (Å²) in [7, 11) is 0. The lowest BCUT2D eigenvalue weighted by atomic mass is 9.82. The van der Waals surface area contributed by atoms with Gasteiger partial charge in [0.2, 0.25) is 0 Å². The Morgan fingerprint density at radius 2 is 1.26 bits per heavy atom. The molecule has 0 aromatic heterocycles. The minimum absolute atomic E-state index is 0.159. The van der Waals surface area contributed by atoms with Gasteiger partial charge in [0, 0.05) is 28.9 Å². The monoisotopic (exact) mass is 490 g/mol. The molecule has 5 rings (SSSR count). The molecule has 2 aromatic carbocycles. The number of fused-ring (bicyclic) bond motifs is 3. The van der Waals surface area contributed by atoms with Crippen LogP contribution in [0.5, 0.6) is 0 Å². The average molecular weight is 491 g/mol. The Kier molecular flexibility index (Phi) is 6.97. The maximum atomic E-state index is 15.4. The standard InChI is InChI=1S/C29H34F4O2/c1-4-16(5-2)17-7-9-23(35-14-17)21-12-19-10-18-11-20(22-8-6-15(3)13-34-22)26(30)28(32)24(18)25(19)29(33)27(21)31/h11-12,15-17,22-23H,4-10,13-14H2,1-3H3. The molecule has 4 atom stereocenters. The van der Waals surface area contributed by atoms with Gasteiger partial charge >= 0.3 is 0 Å². The molecule has 0 radical (unpaired) electrons. The van der Waals surface area contributed by atoms with Crippen molar-refractivity contribution in [1.29, 1.82) is 0 Å². The van der Waals surface area contributed by atoms with E-state index in [0.717, 1.165) is 25.7 Å². The number of benzene rings is 2. The lowest BCUT2D eigenvalue weighted by Crippen LogP contribution is -2.27. The summed E-state index contributed by atoms with van der Waals surface area (Å²) < 4.78 is 72.8. The van der Waals surface area contributed by atoms with Gasteiger partial charge in [-0.25, -0.2) is 17.6 Å². The zero-order chi connectivity index (χ0) is 24.9.